The summed E-state index contributed by atoms with van der Waals surface area (Å²) in [6, 6.07) is 6.83. The van der Waals surface area contributed by atoms with Crippen LogP contribution in [0.25, 0.3) is 22.9 Å². The molecule has 53 heavy (non-hydrogen) atoms. The van der Waals surface area contributed by atoms with Crippen LogP contribution >= 0.6 is 15.9 Å². The minimum atomic E-state index is -4.83. The van der Waals surface area contributed by atoms with E-state index in [4.69, 9.17) is 0 Å². The molecule has 4 heterocycles. The molecule has 0 aliphatic heterocycles. The van der Waals surface area contributed by atoms with Crippen molar-refractivity contribution in [2.75, 3.05) is 0 Å². The molecule has 2 aromatic carbocycles. The van der Waals surface area contributed by atoms with Gasteiger partial charge >= 0.3 is 24.1 Å². The van der Waals surface area contributed by atoms with Crippen LogP contribution in [0.5, 0.6) is 0 Å². The number of aromatic amines is 1. The molecular weight excluding hydrogens is 816 g/mol. The predicted molar refractivity (Wildman–Crippen MR) is 159 cm³/mol. The summed E-state index contributed by atoms with van der Waals surface area (Å²) in [5.41, 5.74) is -1.34. The van der Waals surface area contributed by atoms with E-state index in [1.807, 2.05) is 0 Å². The third-order valence-electron chi connectivity index (χ3n) is 6.26. The van der Waals surface area contributed by atoms with E-state index in [9.17, 15) is 62.3 Å². The van der Waals surface area contributed by atoms with Crippen LogP contribution in [0, 0.1) is 34.9 Å². The number of alkyl halides is 7. The van der Waals surface area contributed by atoms with Crippen molar-refractivity contribution in [1.29, 1.82) is 0 Å². The van der Waals surface area contributed by atoms with Gasteiger partial charge in [-0.25, -0.2) is 26.3 Å². The van der Waals surface area contributed by atoms with Gasteiger partial charge in [0.2, 0.25) is 17.3 Å². The number of rotatable bonds is 5. The van der Waals surface area contributed by atoms with E-state index in [0.29, 0.717) is 18.2 Å². The van der Waals surface area contributed by atoms with Crippen LogP contribution in [-0.4, -0.2) is 29.9 Å². The Bertz CT molecular complexity index is 2340. The number of nitrogens with zero attached hydrogens (tertiary/aromatic N) is 5. The Kier molecular flexibility index (Phi) is 12.3. The van der Waals surface area contributed by atoms with E-state index in [1.165, 1.54) is 18.3 Å². The Labute approximate surface area is 293 Å². The smallest absolute Gasteiger partial charge is 0.413 e. The highest BCUT2D eigenvalue weighted by atomic mass is 79.9. The molecule has 10 nitrogen and oxygen atoms in total. The molecule has 6 aromatic rings. The van der Waals surface area contributed by atoms with Gasteiger partial charge in [0, 0.05) is 64.2 Å². The summed E-state index contributed by atoms with van der Waals surface area (Å²) in [7, 11) is 0. The molecule has 23 heteroatoms. The molecule has 4 aromatic heterocycles. The summed E-state index contributed by atoms with van der Waals surface area (Å²) in [5, 5.41) is 12.3. The Morgan fingerprint density at radius 1 is 0.623 bits per heavy atom. The summed E-state index contributed by atoms with van der Waals surface area (Å²) in [6.07, 6.45) is -7.12. The second kappa shape index (κ2) is 16.3. The first-order valence-corrected chi connectivity index (χ1v) is 14.9. The van der Waals surface area contributed by atoms with Crippen LogP contribution in [0.3, 0.4) is 0 Å². The number of hydrogen-bond donors (Lipinski definition) is 1. The minimum absolute atomic E-state index is 0.0833. The Hall–Kier alpha value is -5.74. The lowest BCUT2D eigenvalue weighted by Gasteiger charge is -2.08. The van der Waals surface area contributed by atoms with Crippen molar-refractivity contribution in [2.24, 2.45) is 0 Å². The first-order chi connectivity index (χ1) is 24.8. The number of pyridine rings is 2. The second-order valence-corrected chi connectivity index (χ2v) is 10.6. The normalized spacial score (nSPS) is 11.4. The fraction of sp³-hybridized carbons (Fsp3) is 0.133. The SMILES string of the molecule is Fc1cc(F)c(CBr)cc1F.O=c1cc(-c2nnc(C(F)(F)F)o2)cc[nH]1.O=c1cc(-c2nnc(C(F)(F)F)o2)ccn1Cc1cc(F)c(F)cc1F. The highest BCUT2D eigenvalue weighted by Crippen LogP contribution is 2.31. The van der Waals surface area contributed by atoms with Gasteiger partial charge in [0.15, 0.2) is 23.3 Å². The van der Waals surface area contributed by atoms with Crippen molar-refractivity contribution in [3.05, 3.63) is 139 Å². The van der Waals surface area contributed by atoms with Crippen molar-refractivity contribution in [3.8, 4) is 22.9 Å². The standard InChI is InChI=1S/C15H7F6N3O2.C8H4F3N3O2.C7H4BrF3/c16-9-5-11(18)10(17)3-8(9)6-24-2-1-7(4-12(24)25)13-22-23-14(26-13)15(19,20)21;9-8(10,11)7-14-13-6(16-7)4-1-2-12-5(15)3-4;8-3-4-1-6(10)7(11)2-5(4)9/h1-5H,6H2;1-3H,(H,12,15);1-2H,3H2. The Morgan fingerprint density at radius 3 is 1.55 bits per heavy atom. The molecule has 0 saturated heterocycles. The van der Waals surface area contributed by atoms with Gasteiger partial charge in [-0.2, -0.15) is 26.3 Å². The van der Waals surface area contributed by atoms with Crippen LogP contribution in [-0.2, 0) is 24.2 Å². The first kappa shape index (κ1) is 40.0. The minimum Gasteiger partial charge on any atom is -0.413 e. The lowest BCUT2D eigenvalue weighted by molar-refractivity contribution is -0.157. The number of benzene rings is 2. The predicted octanol–water partition coefficient (Wildman–Crippen LogP) is 7.83. The molecule has 0 spiro atoms. The molecule has 0 aliphatic rings. The molecule has 0 fully saturated rings. The molecule has 0 aliphatic carbocycles. The van der Waals surface area contributed by atoms with Gasteiger partial charge in [-0.05, 0) is 24.3 Å². The zero-order valence-electron chi connectivity index (χ0n) is 25.5. The average molecular weight is 831 g/mol. The highest BCUT2D eigenvalue weighted by molar-refractivity contribution is 9.08. The van der Waals surface area contributed by atoms with Gasteiger partial charge < -0.3 is 18.4 Å². The van der Waals surface area contributed by atoms with Gasteiger partial charge in [-0.15, -0.1) is 20.4 Å². The van der Waals surface area contributed by atoms with Crippen molar-refractivity contribution in [1.82, 2.24) is 29.9 Å². The molecular formula is C30H15BrF12N6O4. The lowest BCUT2D eigenvalue weighted by Crippen LogP contribution is -2.20. The molecule has 0 bridgehead atoms. The number of nitrogens with one attached hydrogen (secondary N) is 1. The maximum Gasteiger partial charge on any atom is 0.470 e. The zero-order valence-corrected chi connectivity index (χ0v) is 27.1. The van der Waals surface area contributed by atoms with E-state index < -0.39 is 82.6 Å². The molecule has 280 valence electrons. The van der Waals surface area contributed by atoms with Crippen LogP contribution in [0.15, 0.2) is 79.3 Å². The van der Waals surface area contributed by atoms with Gasteiger partial charge in [0.05, 0.1) is 6.54 Å². The van der Waals surface area contributed by atoms with Crippen LogP contribution < -0.4 is 11.1 Å². The Balaban J connectivity index is 0.000000197. The molecule has 0 unspecified atom stereocenters. The molecule has 0 saturated carbocycles. The summed E-state index contributed by atoms with van der Waals surface area (Å²) in [6.45, 7) is -0.417. The fourth-order valence-corrected chi connectivity index (χ4v) is 4.22. The summed E-state index contributed by atoms with van der Waals surface area (Å²) in [5.74, 6) is -10.5. The maximum absolute atomic E-state index is 13.6. The van der Waals surface area contributed by atoms with Crippen molar-refractivity contribution in [2.45, 2.75) is 24.2 Å². The van der Waals surface area contributed by atoms with Crippen LogP contribution in [0.4, 0.5) is 52.7 Å². The summed E-state index contributed by atoms with van der Waals surface area (Å²) < 4.78 is 161. The van der Waals surface area contributed by atoms with Gasteiger partial charge in [0.25, 0.3) is 5.56 Å². The first-order valence-electron chi connectivity index (χ1n) is 13.8. The highest BCUT2D eigenvalue weighted by Gasteiger charge is 2.39. The largest absolute Gasteiger partial charge is 0.470 e. The zero-order chi connectivity index (χ0) is 39.2. The van der Waals surface area contributed by atoms with E-state index in [0.717, 1.165) is 29.0 Å². The fourth-order valence-electron chi connectivity index (χ4n) is 3.79. The topological polar surface area (TPSA) is 133 Å². The molecule has 0 radical (unpaired) electrons. The monoisotopic (exact) mass is 830 g/mol. The third kappa shape index (κ3) is 10.4. The van der Waals surface area contributed by atoms with E-state index in [1.54, 1.807) is 0 Å². The number of H-pyrrole nitrogens is 1. The van der Waals surface area contributed by atoms with Gasteiger partial charge in [0.1, 0.15) is 11.6 Å². The molecule has 1 N–H and O–H groups in total. The van der Waals surface area contributed by atoms with Gasteiger partial charge in [-0.1, -0.05) is 15.9 Å². The van der Waals surface area contributed by atoms with Crippen molar-refractivity contribution < 1.29 is 61.5 Å². The average Bonchev–Trinajstić information content (AvgIpc) is 3.79. The van der Waals surface area contributed by atoms with Crippen molar-refractivity contribution >= 4 is 15.9 Å². The number of hydrogen-bond acceptors (Lipinski definition) is 8. The number of aromatic nitrogens is 6. The summed E-state index contributed by atoms with van der Waals surface area (Å²) >= 11 is 2.94. The molecule has 0 amide bonds. The van der Waals surface area contributed by atoms with Crippen LogP contribution in [0.2, 0.25) is 0 Å². The maximum atomic E-state index is 13.6. The van der Waals surface area contributed by atoms with E-state index in [-0.39, 0.29) is 33.5 Å². The Morgan fingerprint density at radius 2 is 1.09 bits per heavy atom. The second-order valence-electron chi connectivity index (χ2n) is 9.99. The van der Waals surface area contributed by atoms with E-state index >= 15 is 0 Å². The quantitative estimate of drug-likeness (QED) is 0.106. The molecule has 6 rings (SSSR count). The third-order valence-corrected chi connectivity index (χ3v) is 6.87. The molecule has 0 atom stereocenters. The number of halogens is 13. The summed E-state index contributed by atoms with van der Waals surface area (Å²) in [4.78, 5) is 25.3. The van der Waals surface area contributed by atoms with E-state index in [2.05, 4.69) is 50.1 Å². The van der Waals surface area contributed by atoms with Gasteiger partial charge in [-0.3, -0.25) is 9.59 Å². The van der Waals surface area contributed by atoms with Crippen LogP contribution in [0.1, 0.15) is 22.9 Å². The lowest BCUT2D eigenvalue weighted by atomic mass is 10.2. The van der Waals surface area contributed by atoms with Crippen molar-refractivity contribution in [3.63, 3.8) is 0 Å².